The molecule has 1 aliphatic rings. The minimum Gasteiger partial charge on any atom is -0.384 e. The van der Waals surface area contributed by atoms with Crippen molar-refractivity contribution in [3.05, 3.63) is 77.3 Å². The Kier molecular flexibility index (Phi) is 6.07. The van der Waals surface area contributed by atoms with E-state index in [0.29, 0.717) is 35.9 Å². The fraction of sp³-hybridized carbons (Fsp3) is 0.261. The van der Waals surface area contributed by atoms with Crippen molar-refractivity contribution in [3.8, 4) is 0 Å². The summed E-state index contributed by atoms with van der Waals surface area (Å²) in [4.78, 5) is 40.4. The lowest BCUT2D eigenvalue weighted by Crippen LogP contribution is -2.39. The summed E-state index contributed by atoms with van der Waals surface area (Å²) in [5.74, 6) is -0.362. The van der Waals surface area contributed by atoms with Crippen LogP contribution in [0.25, 0.3) is 0 Å². The number of likely N-dealkylation sites (tertiary alicyclic amines) is 1. The first kappa shape index (κ1) is 21.4. The lowest BCUT2D eigenvalue weighted by Gasteiger charge is -2.35. The number of hydrogen-bond acceptors (Lipinski definition) is 6. The molecule has 0 aliphatic carbocycles. The zero-order valence-electron chi connectivity index (χ0n) is 17.6. The summed E-state index contributed by atoms with van der Waals surface area (Å²) in [5.41, 5.74) is 6.86. The number of aryl methyl sites for hydroxylation is 1. The molecule has 3 N–H and O–H groups in total. The summed E-state index contributed by atoms with van der Waals surface area (Å²) in [6, 6.07) is 8.87. The highest BCUT2D eigenvalue weighted by Crippen LogP contribution is 2.30. The summed E-state index contributed by atoms with van der Waals surface area (Å²) >= 11 is 0. The summed E-state index contributed by atoms with van der Waals surface area (Å²) < 4.78 is 13.9. The Balaban J connectivity index is 1.56. The van der Waals surface area contributed by atoms with Gasteiger partial charge in [0.05, 0.1) is 28.6 Å². The van der Waals surface area contributed by atoms with E-state index in [1.54, 1.807) is 36.1 Å². The quantitative estimate of drug-likeness (QED) is 0.649. The second-order valence-corrected chi connectivity index (χ2v) is 7.64. The van der Waals surface area contributed by atoms with Crippen molar-refractivity contribution in [2.45, 2.75) is 32.2 Å². The molecule has 8 nitrogen and oxygen atoms in total. The van der Waals surface area contributed by atoms with E-state index in [2.05, 4.69) is 20.3 Å². The van der Waals surface area contributed by atoms with Crippen molar-refractivity contribution in [3.63, 3.8) is 0 Å². The maximum absolute atomic E-state index is 13.9. The molecule has 2 aromatic heterocycles. The molecule has 0 bridgehead atoms. The number of para-hydroxylation sites is 1. The molecule has 1 aromatic carbocycles. The van der Waals surface area contributed by atoms with Crippen LogP contribution < -0.4 is 11.1 Å². The van der Waals surface area contributed by atoms with Crippen molar-refractivity contribution in [2.75, 3.05) is 17.6 Å². The number of aromatic nitrogens is 3. The van der Waals surface area contributed by atoms with Gasteiger partial charge in [-0.25, -0.2) is 19.3 Å². The van der Waals surface area contributed by atoms with Gasteiger partial charge in [0.25, 0.3) is 11.8 Å². The van der Waals surface area contributed by atoms with Crippen LogP contribution in [0.1, 0.15) is 57.5 Å². The van der Waals surface area contributed by atoms with Gasteiger partial charge in [0.2, 0.25) is 0 Å². The molecule has 3 aromatic rings. The van der Waals surface area contributed by atoms with Crippen LogP contribution in [0.5, 0.6) is 0 Å². The smallest absolute Gasteiger partial charge is 0.259 e. The van der Waals surface area contributed by atoms with Gasteiger partial charge in [0.1, 0.15) is 11.6 Å². The number of hydrogen-bond donors (Lipinski definition) is 2. The number of anilines is 2. The van der Waals surface area contributed by atoms with Gasteiger partial charge in [-0.1, -0.05) is 12.1 Å². The number of rotatable bonds is 4. The Hall–Kier alpha value is -3.88. The van der Waals surface area contributed by atoms with Crippen molar-refractivity contribution in [1.29, 1.82) is 0 Å². The maximum Gasteiger partial charge on any atom is 0.259 e. The van der Waals surface area contributed by atoms with Gasteiger partial charge in [-0.15, -0.1) is 0 Å². The molecule has 0 saturated carbocycles. The van der Waals surface area contributed by atoms with Gasteiger partial charge >= 0.3 is 0 Å². The second kappa shape index (κ2) is 9.09. The summed E-state index contributed by atoms with van der Waals surface area (Å²) in [7, 11) is 0. The van der Waals surface area contributed by atoms with Crippen LogP contribution in [0.2, 0.25) is 0 Å². The molecule has 0 radical (unpaired) electrons. The normalized spacial score (nSPS) is 15.9. The number of nitrogens with two attached hydrogens (primary N) is 1. The van der Waals surface area contributed by atoms with Crippen LogP contribution in [0.3, 0.4) is 0 Å². The van der Waals surface area contributed by atoms with E-state index in [1.165, 1.54) is 24.5 Å². The number of benzene rings is 1. The average molecular weight is 434 g/mol. The first-order valence-electron chi connectivity index (χ1n) is 10.4. The van der Waals surface area contributed by atoms with Crippen LogP contribution in [0.15, 0.2) is 48.8 Å². The highest BCUT2D eigenvalue weighted by Gasteiger charge is 2.31. The SMILES string of the molecule is Cc1nc(C2CCCCN2C(=O)c2ccc(N)nc2)ncc1C(=O)Nc1ccccc1F. The fourth-order valence-corrected chi connectivity index (χ4v) is 3.76. The molecule has 32 heavy (non-hydrogen) atoms. The monoisotopic (exact) mass is 434 g/mol. The van der Waals surface area contributed by atoms with E-state index < -0.39 is 11.7 Å². The number of nitrogens with one attached hydrogen (secondary N) is 1. The zero-order valence-corrected chi connectivity index (χ0v) is 17.6. The number of amides is 2. The topological polar surface area (TPSA) is 114 Å². The molecule has 2 amide bonds. The fourth-order valence-electron chi connectivity index (χ4n) is 3.76. The predicted octanol–water partition coefficient (Wildman–Crippen LogP) is 3.52. The molecule has 1 fully saturated rings. The van der Waals surface area contributed by atoms with Gasteiger partial charge in [-0.2, -0.15) is 0 Å². The van der Waals surface area contributed by atoms with Crippen LogP contribution >= 0.6 is 0 Å². The van der Waals surface area contributed by atoms with Crippen molar-refractivity contribution in [2.24, 2.45) is 0 Å². The number of carbonyl (C=O) groups is 2. The average Bonchev–Trinajstić information content (AvgIpc) is 2.80. The van der Waals surface area contributed by atoms with Crippen molar-refractivity contribution < 1.29 is 14.0 Å². The van der Waals surface area contributed by atoms with Crippen LogP contribution in [-0.2, 0) is 0 Å². The molecule has 1 aliphatic heterocycles. The zero-order chi connectivity index (χ0) is 22.7. The summed E-state index contributed by atoms with van der Waals surface area (Å²) in [6.07, 6.45) is 5.43. The standard InChI is InChI=1S/C23H23FN6O2/c1-14-16(22(31)29-18-7-3-2-6-17(18)24)13-27-21(28-14)19-8-4-5-11-30(19)23(32)15-9-10-20(25)26-12-15/h2-3,6-7,9-10,12-13,19H,4-5,8,11H2,1H3,(H2,25,26)(H,29,31). The summed E-state index contributed by atoms with van der Waals surface area (Å²) in [6.45, 7) is 2.27. The van der Waals surface area contributed by atoms with Gasteiger partial charge in [-0.05, 0) is 50.5 Å². The van der Waals surface area contributed by atoms with E-state index >= 15 is 0 Å². The van der Waals surface area contributed by atoms with E-state index in [0.717, 1.165) is 12.8 Å². The molecule has 9 heteroatoms. The third kappa shape index (κ3) is 4.41. The Morgan fingerprint density at radius 3 is 2.66 bits per heavy atom. The second-order valence-electron chi connectivity index (χ2n) is 7.64. The molecule has 3 heterocycles. The van der Waals surface area contributed by atoms with Gasteiger partial charge in [-0.3, -0.25) is 9.59 Å². The highest BCUT2D eigenvalue weighted by atomic mass is 19.1. The number of nitrogens with zero attached hydrogens (tertiary/aromatic N) is 4. The number of piperidine rings is 1. The largest absolute Gasteiger partial charge is 0.384 e. The lowest BCUT2D eigenvalue weighted by molar-refractivity contribution is 0.0598. The minimum atomic E-state index is -0.524. The van der Waals surface area contributed by atoms with E-state index in [4.69, 9.17) is 5.73 Å². The van der Waals surface area contributed by atoms with Gasteiger partial charge in [0.15, 0.2) is 5.82 Å². The first-order chi connectivity index (χ1) is 15.4. The van der Waals surface area contributed by atoms with Crippen LogP contribution in [0.4, 0.5) is 15.9 Å². The van der Waals surface area contributed by atoms with Gasteiger partial charge in [0, 0.05) is 18.9 Å². The molecular weight excluding hydrogens is 411 g/mol. The highest BCUT2D eigenvalue weighted by molar-refractivity contribution is 6.04. The molecule has 1 atom stereocenters. The molecule has 1 unspecified atom stereocenters. The molecule has 4 rings (SSSR count). The third-order valence-electron chi connectivity index (χ3n) is 5.46. The Morgan fingerprint density at radius 2 is 1.94 bits per heavy atom. The van der Waals surface area contributed by atoms with E-state index in [9.17, 15) is 14.0 Å². The Bertz CT molecular complexity index is 1150. The summed E-state index contributed by atoms with van der Waals surface area (Å²) in [5, 5.41) is 2.54. The number of carbonyl (C=O) groups excluding carboxylic acids is 2. The third-order valence-corrected chi connectivity index (χ3v) is 5.46. The Morgan fingerprint density at radius 1 is 1.12 bits per heavy atom. The minimum absolute atomic E-state index is 0.0853. The molecular formula is C23H23FN6O2. The van der Waals surface area contributed by atoms with E-state index in [-0.39, 0.29) is 23.2 Å². The van der Waals surface area contributed by atoms with Crippen LogP contribution in [-0.4, -0.2) is 38.2 Å². The number of halogens is 1. The number of pyridine rings is 1. The maximum atomic E-state index is 13.9. The Labute approximate surface area is 184 Å². The number of nitrogen functional groups attached to an aromatic ring is 1. The lowest BCUT2D eigenvalue weighted by atomic mass is 10.00. The first-order valence-corrected chi connectivity index (χ1v) is 10.4. The van der Waals surface area contributed by atoms with E-state index in [1.807, 2.05) is 0 Å². The van der Waals surface area contributed by atoms with Gasteiger partial charge < -0.3 is 16.0 Å². The van der Waals surface area contributed by atoms with Crippen molar-refractivity contribution >= 4 is 23.3 Å². The van der Waals surface area contributed by atoms with Crippen molar-refractivity contribution in [1.82, 2.24) is 19.9 Å². The van der Waals surface area contributed by atoms with Crippen LogP contribution in [0, 0.1) is 12.7 Å². The molecule has 0 spiro atoms. The molecule has 1 saturated heterocycles. The predicted molar refractivity (Wildman–Crippen MR) is 117 cm³/mol. The molecule has 164 valence electrons.